The molecule has 1 fully saturated rings. The van der Waals surface area contributed by atoms with Crippen LogP contribution in [0.5, 0.6) is 0 Å². The van der Waals surface area contributed by atoms with Crippen LogP contribution in [0.1, 0.15) is 45.4 Å². The molecule has 0 spiro atoms. The van der Waals surface area contributed by atoms with Crippen molar-refractivity contribution in [2.24, 2.45) is 5.92 Å². The number of aliphatic hydroxyl groups is 1. The molecule has 1 atom stereocenters. The van der Waals surface area contributed by atoms with Crippen LogP contribution < -0.4 is 10.9 Å². The van der Waals surface area contributed by atoms with Gasteiger partial charge in [-0.05, 0) is 44.2 Å². The Morgan fingerprint density at radius 3 is 2.82 bits per heavy atom. The third-order valence-electron chi connectivity index (χ3n) is 5.31. The first kappa shape index (κ1) is 20.9. The number of hydrogen-bond donors (Lipinski definition) is 2. The third kappa shape index (κ3) is 5.14. The molecule has 28 heavy (non-hydrogen) atoms. The minimum Gasteiger partial charge on any atom is -0.396 e. The van der Waals surface area contributed by atoms with Gasteiger partial charge in [-0.1, -0.05) is 43.2 Å². The van der Waals surface area contributed by atoms with E-state index in [9.17, 15) is 14.7 Å². The molecule has 3 rings (SSSR count). The van der Waals surface area contributed by atoms with Crippen LogP contribution in [0.3, 0.4) is 0 Å². The van der Waals surface area contributed by atoms with Gasteiger partial charge in [-0.15, -0.1) is 0 Å². The number of amides is 1. The predicted molar refractivity (Wildman–Crippen MR) is 113 cm³/mol. The molecule has 1 saturated carbocycles. The highest BCUT2D eigenvalue weighted by Gasteiger charge is 2.21. The van der Waals surface area contributed by atoms with Gasteiger partial charge >= 0.3 is 0 Å². The number of para-hydroxylation sites is 1. The fourth-order valence-electron chi connectivity index (χ4n) is 3.66. The van der Waals surface area contributed by atoms with E-state index in [-0.39, 0.29) is 23.3 Å². The van der Waals surface area contributed by atoms with E-state index in [0.29, 0.717) is 34.9 Å². The lowest BCUT2D eigenvalue weighted by molar-refractivity contribution is -0.120. The second-order valence-electron chi connectivity index (χ2n) is 7.45. The minimum absolute atomic E-state index is 0.000795. The van der Waals surface area contributed by atoms with Gasteiger partial charge in [-0.3, -0.25) is 14.2 Å². The number of fused-ring (bicyclic) bond motifs is 1. The van der Waals surface area contributed by atoms with Crippen LogP contribution in [-0.2, 0) is 11.3 Å². The summed E-state index contributed by atoms with van der Waals surface area (Å²) in [5, 5.41) is 13.0. The highest BCUT2D eigenvalue weighted by Crippen LogP contribution is 2.25. The Bertz CT molecular complexity index is 862. The Morgan fingerprint density at radius 1 is 1.32 bits per heavy atom. The number of thioether (sulfide) groups is 1. The van der Waals surface area contributed by atoms with Crippen molar-refractivity contribution < 1.29 is 9.90 Å². The molecule has 2 aromatic rings. The van der Waals surface area contributed by atoms with E-state index in [1.807, 2.05) is 25.1 Å². The number of benzene rings is 1. The smallest absolute Gasteiger partial charge is 0.262 e. The van der Waals surface area contributed by atoms with E-state index in [4.69, 9.17) is 0 Å². The van der Waals surface area contributed by atoms with E-state index < -0.39 is 0 Å². The summed E-state index contributed by atoms with van der Waals surface area (Å²) in [6.45, 7) is 2.96. The van der Waals surface area contributed by atoms with Crippen LogP contribution in [-0.4, -0.2) is 39.0 Å². The van der Waals surface area contributed by atoms with Gasteiger partial charge in [0.2, 0.25) is 5.91 Å². The third-order valence-corrected chi connectivity index (χ3v) is 6.40. The molecule has 6 nitrogen and oxygen atoms in total. The summed E-state index contributed by atoms with van der Waals surface area (Å²) in [6, 6.07) is 7.23. The van der Waals surface area contributed by atoms with Crippen molar-refractivity contribution in [3.63, 3.8) is 0 Å². The predicted octanol–water partition coefficient (Wildman–Crippen LogP) is 2.96. The van der Waals surface area contributed by atoms with Gasteiger partial charge in [-0.25, -0.2) is 4.98 Å². The van der Waals surface area contributed by atoms with Gasteiger partial charge in [-0.2, -0.15) is 0 Å². The van der Waals surface area contributed by atoms with E-state index in [1.54, 1.807) is 10.6 Å². The molecule has 1 aromatic heterocycles. The van der Waals surface area contributed by atoms with E-state index in [1.165, 1.54) is 43.9 Å². The van der Waals surface area contributed by atoms with Crippen LogP contribution in [0.4, 0.5) is 0 Å². The van der Waals surface area contributed by atoms with E-state index >= 15 is 0 Å². The summed E-state index contributed by atoms with van der Waals surface area (Å²) in [5.74, 6) is 0.558. The van der Waals surface area contributed by atoms with Crippen molar-refractivity contribution in [1.29, 1.82) is 0 Å². The standard InChI is InChI=1S/C21H29N3O3S/c1-15(19(26)22-14-16-8-3-2-4-9-16)28-21-23-18-11-6-5-10-17(18)20(27)24(21)12-7-13-25/h5-6,10-11,15-16,25H,2-4,7-9,12-14H2,1H3,(H,22,26). The first-order chi connectivity index (χ1) is 13.6. The number of aliphatic hydroxyl groups excluding tert-OH is 1. The Labute approximate surface area is 169 Å². The van der Waals surface area contributed by atoms with Crippen LogP contribution in [0, 0.1) is 5.92 Å². The maximum absolute atomic E-state index is 12.9. The minimum atomic E-state index is -0.350. The van der Waals surface area contributed by atoms with Crippen molar-refractivity contribution in [3.8, 4) is 0 Å². The molecule has 1 aliphatic rings. The van der Waals surface area contributed by atoms with Crippen molar-refractivity contribution in [2.45, 2.75) is 62.4 Å². The molecule has 1 aliphatic carbocycles. The molecule has 0 bridgehead atoms. The van der Waals surface area contributed by atoms with E-state index in [2.05, 4.69) is 10.3 Å². The number of rotatable bonds is 8. The van der Waals surface area contributed by atoms with Crippen molar-refractivity contribution >= 4 is 28.6 Å². The summed E-state index contributed by atoms with van der Waals surface area (Å²) in [7, 11) is 0. The van der Waals surface area contributed by atoms with Gasteiger partial charge in [0.15, 0.2) is 5.16 Å². The first-order valence-corrected chi connectivity index (χ1v) is 11.0. The maximum Gasteiger partial charge on any atom is 0.262 e. The highest BCUT2D eigenvalue weighted by atomic mass is 32.2. The lowest BCUT2D eigenvalue weighted by Crippen LogP contribution is -2.35. The topological polar surface area (TPSA) is 84.2 Å². The zero-order chi connectivity index (χ0) is 19.9. The monoisotopic (exact) mass is 403 g/mol. The fourth-order valence-corrected chi connectivity index (χ4v) is 4.61. The van der Waals surface area contributed by atoms with Crippen molar-refractivity contribution in [2.75, 3.05) is 13.2 Å². The Hall–Kier alpha value is -1.86. The molecule has 2 N–H and O–H groups in total. The molecule has 1 heterocycles. The van der Waals surface area contributed by atoms with E-state index in [0.717, 1.165) is 6.54 Å². The quantitative estimate of drug-likeness (QED) is 0.523. The van der Waals surface area contributed by atoms with Gasteiger partial charge in [0.1, 0.15) is 0 Å². The number of hydrogen-bond acceptors (Lipinski definition) is 5. The Kier molecular flexibility index (Phi) is 7.50. The Balaban J connectivity index is 1.73. The molecule has 7 heteroatoms. The van der Waals surface area contributed by atoms with Gasteiger partial charge in [0.25, 0.3) is 5.56 Å². The number of carbonyl (C=O) groups is 1. The average Bonchev–Trinajstić information content (AvgIpc) is 2.72. The summed E-state index contributed by atoms with van der Waals surface area (Å²) in [6.07, 6.45) is 6.65. The molecular weight excluding hydrogens is 374 g/mol. The normalized spacial score (nSPS) is 16.2. The first-order valence-electron chi connectivity index (χ1n) is 10.1. The van der Waals surface area contributed by atoms with Gasteiger partial charge in [0.05, 0.1) is 16.2 Å². The highest BCUT2D eigenvalue weighted by molar-refractivity contribution is 8.00. The van der Waals surface area contributed by atoms with Gasteiger partial charge in [0, 0.05) is 19.7 Å². The SMILES string of the molecule is CC(Sc1nc2ccccc2c(=O)n1CCCO)C(=O)NCC1CCCCC1. The zero-order valence-corrected chi connectivity index (χ0v) is 17.2. The number of aromatic nitrogens is 2. The Morgan fingerprint density at radius 2 is 2.07 bits per heavy atom. The van der Waals surface area contributed by atoms with Crippen LogP contribution in [0.25, 0.3) is 10.9 Å². The average molecular weight is 404 g/mol. The second kappa shape index (κ2) is 10.1. The summed E-state index contributed by atoms with van der Waals surface area (Å²) in [5.41, 5.74) is 0.501. The number of carbonyl (C=O) groups excluding carboxylic acids is 1. The molecule has 1 amide bonds. The molecule has 1 aromatic carbocycles. The second-order valence-corrected chi connectivity index (χ2v) is 8.76. The van der Waals surface area contributed by atoms with Crippen LogP contribution >= 0.6 is 11.8 Å². The number of nitrogens with one attached hydrogen (secondary N) is 1. The maximum atomic E-state index is 12.9. The van der Waals surface area contributed by atoms with Gasteiger partial charge < -0.3 is 10.4 Å². The lowest BCUT2D eigenvalue weighted by atomic mass is 9.89. The lowest BCUT2D eigenvalue weighted by Gasteiger charge is -2.22. The molecule has 1 unspecified atom stereocenters. The largest absolute Gasteiger partial charge is 0.396 e. The zero-order valence-electron chi connectivity index (χ0n) is 16.4. The molecule has 0 aliphatic heterocycles. The fraction of sp³-hybridized carbons (Fsp3) is 0.571. The molecule has 0 saturated heterocycles. The van der Waals surface area contributed by atoms with Crippen molar-refractivity contribution in [1.82, 2.24) is 14.9 Å². The molecule has 0 radical (unpaired) electrons. The summed E-state index contributed by atoms with van der Waals surface area (Å²) in [4.78, 5) is 30.1. The number of nitrogens with zero attached hydrogens (tertiary/aromatic N) is 2. The molecular formula is C21H29N3O3S. The van der Waals surface area contributed by atoms with Crippen LogP contribution in [0.15, 0.2) is 34.2 Å². The summed E-state index contributed by atoms with van der Waals surface area (Å²) < 4.78 is 1.58. The molecule has 152 valence electrons. The summed E-state index contributed by atoms with van der Waals surface area (Å²) >= 11 is 1.30. The van der Waals surface area contributed by atoms with Crippen LogP contribution in [0.2, 0.25) is 0 Å². The van der Waals surface area contributed by atoms with Crippen molar-refractivity contribution in [3.05, 3.63) is 34.6 Å².